The number of likely N-dealkylation sites (N-methyl/N-ethyl adjacent to an activating group) is 1. The van der Waals surface area contributed by atoms with Gasteiger partial charge in [0.2, 0.25) is 0 Å². The van der Waals surface area contributed by atoms with Gasteiger partial charge in [0.05, 0.1) is 31.3 Å². The van der Waals surface area contributed by atoms with Crippen LogP contribution in [0.3, 0.4) is 0 Å². The number of carbonyl (C=O) groups excluding carboxylic acids is 1. The topological polar surface area (TPSA) is 122 Å². The van der Waals surface area contributed by atoms with Gasteiger partial charge in [0, 0.05) is 7.05 Å². The summed E-state index contributed by atoms with van der Waals surface area (Å²) in [5, 5.41) is 8.99. The highest BCUT2D eigenvalue weighted by Crippen LogP contribution is 2.20. The lowest BCUT2D eigenvalue weighted by atomic mass is 10.1. The van der Waals surface area contributed by atoms with E-state index < -0.39 is 40.3 Å². The minimum Gasteiger partial charge on any atom is -0.481 e. The Hall–Kier alpha value is -1.39. The number of hydrogen-bond donors (Lipinski definition) is 2. The number of aliphatic carboxylic acids is 1. The second kappa shape index (κ2) is 6.37. The summed E-state index contributed by atoms with van der Waals surface area (Å²) in [7, 11) is -3.01. The zero-order valence-corrected chi connectivity index (χ0v) is 12.2. The van der Waals surface area contributed by atoms with Crippen molar-refractivity contribution < 1.29 is 32.6 Å². The molecule has 20 heavy (non-hydrogen) atoms. The van der Waals surface area contributed by atoms with Crippen LogP contribution >= 0.6 is 0 Å². The molecule has 1 amide bonds. The molecule has 0 spiro atoms. The fourth-order valence-electron chi connectivity index (χ4n) is 1.73. The van der Waals surface area contributed by atoms with Crippen molar-refractivity contribution in [3.05, 3.63) is 0 Å². The highest BCUT2D eigenvalue weighted by molar-refractivity contribution is 7.87. The molecule has 1 rings (SSSR count). The molecule has 0 radical (unpaired) electrons. The van der Waals surface area contributed by atoms with E-state index in [9.17, 15) is 18.0 Å². The van der Waals surface area contributed by atoms with Crippen LogP contribution in [-0.2, 0) is 24.5 Å². The molecule has 2 unspecified atom stereocenters. The average Bonchev–Trinajstić information content (AvgIpc) is 2.74. The maximum absolute atomic E-state index is 11.9. The van der Waals surface area contributed by atoms with Crippen molar-refractivity contribution in [3.8, 4) is 0 Å². The lowest BCUT2D eigenvalue weighted by Crippen LogP contribution is -2.50. The molecular formula is C10H18N2O7S. The molecule has 10 heteroatoms. The molecular weight excluding hydrogens is 292 g/mol. The molecule has 2 atom stereocenters. The number of nitrogens with one attached hydrogen (secondary N) is 1. The van der Waals surface area contributed by atoms with Crippen molar-refractivity contribution >= 4 is 22.3 Å². The van der Waals surface area contributed by atoms with Crippen molar-refractivity contribution in [2.75, 3.05) is 20.3 Å². The summed E-state index contributed by atoms with van der Waals surface area (Å²) in [6, 6.07) is -0.878. The molecule has 0 bridgehead atoms. The van der Waals surface area contributed by atoms with E-state index in [-0.39, 0.29) is 13.2 Å². The van der Waals surface area contributed by atoms with E-state index in [2.05, 4.69) is 4.74 Å². The standard InChI is InChI=1S/C10H18N2O7S/c1-6(2)19-10(15)11-20(16,17)12(3)8-5-18-4-7(8)9(13)14/h6-8H,4-5H2,1-3H3,(H,11,15)(H,13,14). The molecule has 2 N–H and O–H groups in total. The lowest BCUT2D eigenvalue weighted by molar-refractivity contribution is -0.142. The summed E-state index contributed by atoms with van der Waals surface area (Å²) in [5.74, 6) is -2.13. The van der Waals surface area contributed by atoms with Gasteiger partial charge in [-0.3, -0.25) is 4.79 Å². The Balaban J connectivity index is 2.76. The van der Waals surface area contributed by atoms with E-state index in [1.807, 2.05) is 0 Å². The predicted molar refractivity (Wildman–Crippen MR) is 67.2 cm³/mol. The van der Waals surface area contributed by atoms with Crippen molar-refractivity contribution in [2.24, 2.45) is 5.92 Å². The summed E-state index contributed by atoms with van der Waals surface area (Å²) < 4.78 is 36.0. The normalized spacial score (nSPS) is 23.1. The van der Waals surface area contributed by atoms with Crippen molar-refractivity contribution in [1.82, 2.24) is 9.03 Å². The van der Waals surface area contributed by atoms with Crippen molar-refractivity contribution in [1.29, 1.82) is 0 Å². The van der Waals surface area contributed by atoms with Gasteiger partial charge < -0.3 is 14.6 Å². The molecule has 0 aliphatic carbocycles. The summed E-state index contributed by atoms with van der Waals surface area (Å²) in [5.41, 5.74) is 0. The third kappa shape index (κ3) is 4.05. The Labute approximate surface area is 117 Å². The maximum Gasteiger partial charge on any atom is 0.422 e. The third-order valence-electron chi connectivity index (χ3n) is 2.77. The average molecular weight is 310 g/mol. The van der Waals surface area contributed by atoms with Gasteiger partial charge in [-0.2, -0.15) is 12.7 Å². The van der Waals surface area contributed by atoms with Gasteiger partial charge in [0.1, 0.15) is 0 Å². The quantitative estimate of drug-likeness (QED) is 0.695. The maximum atomic E-state index is 11.9. The third-order valence-corrected chi connectivity index (χ3v) is 4.22. The molecule has 0 saturated carbocycles. The zero-order valence-electron chi connectivity index (χ0n) is 11.4. The Morgan fingerprint density at radius 3 is 2.50 bits per heavy atom. The van der Waals surface area contributed by atoms with Gasteiger partial charge in [0.25, 0.3) is 0 Å². The molecule has 1 fully saturated rings. The van der Waals surface area contributed by atoms with Crippen LogP contribution in [0.25, 0.3) is 0 Å². The predicted octanol–water partition coefficient (Wildman–Crippen LogP) is -0.603. The number of amides is 1. The molecule has 1 aliphatic rings. The number of carboxylic acids is 1. The molecule has 1 heterocycles. The van der Waals surface area contributed by atoms with Gasteiger partial charge in [-0.1, -0.05) is 0 Å². The van der Waals surface area contributed by atoms with Crippen LogP contribution in [0.15, 0.2) is 0 Å². The van der Waals surface area contributed by atoms with Crippen LogP contribution < -0.4 is 4.72 Å². The second-order valence-electron chi connectivity index (χ2n) is 4.63. The van der Waals surface area contributed by atoms with E-state index in [4.69, 9.17) is 9.84 Å². The highest BCUT2D eigenvalue weighted by Gasteiger charge is 2.41. The first-order valence-corrected chi connectivity index (χ1v) is 7.36. The number of ether oxygens (including phenoxy) is 2. The minimum atomic E-state index is -4.19. The van der Waals surface area contributed by atoms with Crippen LogP contribution in [0.4, 0.5) is 4.79 Å². The van der Waals surface area contributed by atoms with Crippen LogP contribution in [0.1, 0.15) is 13.8 Å². The van der Waals surface area contributed by atoms with Gasteiger partial charge >= 0.3 is 22.3 Å². The van der Waals surface area contributed by atoms with E-state index in [1.54, 1.807) is 18.6 Å². The monoisotopic (exact) mass is 310 g/mol. The van der Waals surface area contributed by atoms with Gasteiger partial charge in [-0.25, -0.2) is 9.52 Å². The first-order valence-electron chi connectivity index (χ1n) is 5.92. The molecule has 0 aromatic carbocycles. The second-order valence-corrected chi connectivity index (χ2v) is 6.36. The van der Waals surface area contributed by atoms with Crippen molar-refractivity contribution in [2.45, 2.75) is 26.0 Å². The highest BCUT2D eigenvalue weighted by atomic mass is 32.2. The number of nitrogens with zero attached hydrogens (tertiary/aromatic N) is 1. The van der Waals surface area contributed by atoms with Crippen LogP contribution in [0.2, 0.25) is 0 Å². The summed E-state index contributed by atoms with van der Waals surface area (Å²) >= 11 is 0. The molecule has 116 valence electrons. The van der Waals surface area contributed by atoms with Gasteiger partial charge in [-0.05, 0) is 13.8 Å². The molecule has 9 nitrogen and oxygen atoms in total. The largest absolute Gasteiger partial charge is 0.481 e. The zero-order chi connectivity index (χ0) is 15.5. The number of carboxylic acid groups (broad SMARTS) is 1. The van der Waals surface area contributed by atoms with Gasteiger partial charge in [-0.15, -0.1) is 0 Å². The van der Waals surface area contributed by atoms with Crippen LogP contribution in [-0.4, -0.2) is 62.3 Å². The number of rotatable bonds is 5. The van der Waals surface area contributed by atoms with E-state index >= 15 is 0 Å². The fraction of sp³-hybridized carbons (Fsp3) is 0.800. The van der Waals surface area contributed by atoms with Gasteiger partial charge in [0.15, 0.2) is 0 Å². The molecule has 1 aliphatic heterocycles. The van der Waals surface area contributed by atoms with E-state index in [1.165, 1.54) is 7.05 Å². The number of carbonyl (C=O) groups is 2. The molecule has 0 aromatic heterocycles. The lowest BCUT2D eigenvalue weighted by Gasteiger charge is -2.25. The summed E-state index contributed by atoms with van der Waals surface area (Å²) in [6.45, 7) is 3.02. The van der Waals surface area contributed by atoms with Crippen molar-refractivity contribution in [3.63, 3.8) is 0 Å². The smallest absolute Gasteiger partial charge is 0.422 e. The number of hydrogen-bond acceptors (Lipinski definition) is 6. The Morgan fingerprint density at radius 1 is 1.40 bits per heavy atom. The molecule has 0 aromatic rings. The van der Waals surface area contributed by atoms with Crippen LogP contribution in [0, 0.1) is 5.92 Å². The molecule has 1 saturated heterocycles. The summed E-state index contributed by atoms with van der Waals surface area (Å²) in [6.07, 6.45) is -1.59. The Morgan fingerprint density at radius 2 is 2.00 bits per heavy atom. The Bertz CT molecular complexity index is 476. The SMILES string of the molecule is CC(C)OC(=O)NS(=O)(=O)N(C)C1COCC1C(=O)O. The van der Waals surface area contributed by atoms with E-state index in [0.717, 1.165) is 4.31 Å². The Kier molecular flexibility index (Phi) is 5.31. The summed E-state index contributed by atoms with van der Waals surface area (Å²) in [4.78, 5) is 22.3. The first-order chi connectivity index (χ1) is 9.15. The fourth-order valence-corrected chi connectivity index (χ4v) is 2.70. The van der Waals surface area contributed by atoms with E-state index in [0.29, 0.717) is 0 Å². The first kappa shape index (κ1) is 16.7. The minimum absolute atomic E-state index is 0.0480. The van der Waals surface area contributed by atoms with Crippen LogP contribution in [0.5, 0.6) is 0 Å².